The smallest absolute Gasteiger partial charge is 0.160 e. The van der Waals surface area contributed by atoms with E-state index in [1.54, 1.807) is 0 Å². The number of rotatable bonds is 6. The van der Waals surface area contributed by atoms with Crippen LogP contribution < -0.4 is 0 Å². The first-order valence-electron chi connectivity index (χ1n) is 19.3. The summed E-state index contributed by atoms with van der Waals surface area (Å²) < 4.78 is 2.34. The Bertz CT molecular complexity index is 3210. The number of nitrogens with zero attached hydrogens (tertiary/aromatic N) is 4. The van der Waals surface area contributed by atoms with E-state index in [1.807, 2.05) is 12.1 Å². The molecule has 0 N–H and O–H groups in total. The van der Waals surface area contributed by atoms with Crippen molar-refractivity contribution in [3.8, 4) is 62.0 Å². The Hall–Kier alpha value is -7.69. The molecule has 0 amide bonds. The Kier molecular flexibility index (Phi) is 7.78. The third-order valence-electron chi connectivity index (χ3n) is 11.0. The van der Waals surface area contributed by atoms with Crippen LogP contribution in [-0.2, 0) is 0 Å². The molecule has 8 aromatic carbocycles. The molecule has 0 radical (unpaired) electrons. The fraction of sp³-hybridized carbons (Fsp3) is 0. The number of para-hydroxylation sites is 2. The summed E-state index contributed by atoms with van der Waals surface area (Å²) in [6.45, 7) is 0. The van der Waals surface area contributed by atoms with Crippen LogP contribution in [0.25, 0.3) is 105 Å². The van der Waals surface area contributed by atoms with E-state index in [2.05, 4.69) is 199 Å². The Morgan fingerprint density at radius 2 is 0.842 bits per heavy atom. The van der Waals surface area contributed by atoms with Gasteiger partial charge in [0.25, 0.3) is 0 Å². The minimum absolute atomic E-state index is 0.681. The van der Waals surface area contributed by atoms with E-state index in [9.17, 15) is 0 Å². The molecule has 0 aliphatic heterocycles. The summed E-state index contributed by atoms with van der Waals surface area (Å²) in [6, 6.07) is 72.6. The lowest BCUT2D eigenvalue weighted by molar-refractivity contribution is 1.17. The fourth-order valence-corrected chi connectivity index (χ4v) is 8.27. The van der Waals surface area contributed by atoms with Gasteiger partial charge in [0.15, 0.2) is 5.82 Å². The molecule has 0 spiro atoms. The maximum atomic E-state index is 5.24. The minimum atomic E-state index is 0.681. The number of benzene rings is 8. The summed E-state index contributed by atoms with van der Waals surface area (Å²) in [5.41, 5.74) is 13.6. The van der Waals surface area contributed by atoms with Gasteiger partial charge in [-0.05, 0) is 70.4 Å². The first kappa shape index (κ1) is 32.7. The van der Waals surface area contributed by atoms with E-state index >= 15 is 0 Å². The third kappa shape index (κ3) is 5.74. The van der Waals surface area contributed by atoms with Crippen molar-refractivity contribution < 1.29 is 0 Å². The molecule has 11 rings (SSSR count). The molecule has 0 aliphatic carbocycles. The zero-order valence-corrected chi connectivity index (χ0v) is 30.9. The molecule has 57 heavy (non-hydrogen) atoms. The van der Waals surface area contributed by atoms with Gasteiger partial charge in [-0.25, -0.2) is 15.0 Å². The SMILES string of the molecule is c1ccc(-c2cc(-c3ccc(-n4c5ccccc5c5ccccc54)cc3)nc(-c3ccc4c(ccc5nc(-c6ccccc6)cc(-c6ccccc6)c54)c3)n2)cc1. The predicted octanol–water partition coefficient (Wildman–Crippen LogP) is 13.6. The van der Waals surface area contributed by atoms with E-state index in [0.29, 0.717) is 5.82 Å². The molecule has 0 unspecified atom stereocenters. The highest BCUT2D eigenvalue weighted by Crippen LogP contribution is 2.39. The van der Waals surface area contributed by atoms with Crippen molar-refractivity contribution in [3.05, 3.63) is 206 Å². The van der Waals surface area contributed by atoms with Crippen LogP contribution in [0.2, 0.25) is 0 Å². The van der Waals surface area contributed by atoms with Gasteiger partial charge in [-0.3, -0.25) is 0 Å². The average molecular weight is 727 g/mol. The van der Waals surface area contributed by atoms with Gasteiger partial charge in [0, 0.05) is 44.1 Å². The van der Waals surface area contributed by atoms with E-state index in [0.717, 1.165) is 77.8 Å². The van der Waals surface area contributed by atoms with Crippen LogP contribution in [0.5, 0.6) is 0 Å². The maximum absolute atomic E-state index is 5.24. The molecule has 3 heterocycles. The molecule has 4 nitrogen and oxygen atoms in total. The second-order valence-corrected chi connectivity index (χ2v) is 14.4. The average Bonchev–Trinajstić information content (AvgIpc) is 3.63. The highest BCUT2D eigenvalue weighted by molar-refractivity contribution is 6.14. The number of hydrogen-bond acceptors (Lipinski definition) is 3. The van der Waals surface area contributed by atoms with Gasteiger partial charge in [0.2, 0.25) is 0 Å². The lowest BCUT2D eigenvalue weighted by atomic mass is 9.94. The molecule has 0 bridgehead atoms. The first-order valence-corrected chi connectivity index (χ1v) is 19.3. The van der Waals surface area contributed by atoms with E-state index in [-0.39, 0.29) is 0 Å². The lowest BCUT2D eigenvalue weighted by Gasteiger charge is -2.14. The Morgan fingerprint density at radius 3 is 1.46 bits per heavy atom. The summed E-state index contributed by atoms with van der Waals surface area (Å²) in [5, 5.41) is 5.88. The summed E-state index contributed by atoms with van der Waals surface area (Å²) in [4.78, 5) is 15.6. The molecule has 0 fully saturated rings. The van der Waals surface area contributed by atoms with Gasteiger partial charge in [-0.2, -0.15) is 0 Å². The Balaban J connectivity index is 1.04. The largest absolute Gasteiger partial charge is 0.309 e. The van der Waals surface area contributed by atoms with Gasteiger partial charge in [-0.1, -0.05) is 158 Å². The molecule has 0 saturated heterocycles. The molecule has 0 saturated carbocycles. The normalized spacial score (nSPS) is 11.5. The van der Waals surface area contributed by atoms with Crippen molar-refractivity contribution in [1.82, 2.24) is 19.5 Å². The number of fused-ring (bicyclic) bond motifs is 6. The molecule has 4 heteroatoms. The summed E-state index contributed by atoms with van der Waals surface area (Å²) >= 11 is 0. The van der Waals surface area contributed by atoms with Crippen molar-refractivity contribution in [3.63, 3.8) is 0 Å². The monoisotopic (exact) mass is 726 g/mol. The number of pyridine rings is 1. The van der Waals surface area contributed by atoms with Crippen LogP contribution in [0, 0.1) is 0 Å². The van der Waals surface area contributed by atoms with Crippen LogP contribution >= 0.6 is 0 Å². The lowest BCUT2D eigenvalue weighted by Crippen LogP contribution is -1.97. The van der Waals surface area contributed by atoms with Crippen LogP contribution in [0.1, 0.15) is 0 Å². The van der Waals surface area contributed by atoms with E-state index < -0.39 is 0 Å². The summed E-state index contributed by atoms with van der Waals surface area (Å²) in [7, 11) is 0. The van der Waals surface area contributed by atoms with E-state index in [4.69, 9.17) is 15.0 Å². The minimum Gasteiger partial charge on any atom is -0.309 e. The highest BCUT2D eigenvalue weighted by Gasteiger charge is 2.17. The van der Waals surface area contributed by atoms with Gasteiger partial charge in [0.1, 0.15) is 0 Å². The number of hydrogen-bond donors (Lipinski definition) is 0. The van der Waals surface area contributed by atoms with Crippen molar-refractivity contribution in [2.75, 3.05) is 0 Å². The predicted molar refractivity (Wildman–Crippen MR) is 236 cm³/mol. The Morgan fingerprint density at radius 1 is 0.333 bits per heavy atom. The molecular formula is C53H34N4. The summed E-state index contributed by atoms with van der Waals surface area (Å²) in [6.07, 6.45) is 0. The van der Waals surface area contributed by atoms with Crippen LogP contribution in [0.15, 0.2) is 206 Å². The molecular weight excluding hydrogens is 693 g/mol. The quantitative estimate of drug-likeness (QED) is 0.160. The van der Waals surface area contributed by atoms with Gasteiger partial charge in [0.05, 0.1) is 33.6 Å². The highest BCUT2D eigenvalue weighted by atomic mass is 15.0. The number of aromatic nitrogens is 4. The molecule has 0 aliphatic rings. The zero-order valence-electron chi connectivity index (χ0n) is 30.9. The van der Waals surface area contributed by atoms with Crippen molar-refractivity contribution in [2.45, 2.75) is 0 Å². The fourth-order valence-electron chi connectivity index (χ4n) is 8.27. The van der Waals surface area contributed by atoms with Crippen LogP contribution in [0.4, 0.5) is 0 Å². The molecule has 266 valence electrons. The van der Waals surface area contributed by atoms with Crippen LogP contribution in [0.3, 0.4) is 0 Å². The van der Waals surface area contributed by atoms with E-state index in [1.165, 1.54) is 21.8 Å². The third-order valence-corrected chi connectivity index (χ3v) is 11.0. The first-order chi connectivity index (χ1) is 28.2. The second-order valence-electron chi connectivity index (χ2n) is 14.4. The van der Waals surface area contributed by atoms with Gasteiger partial charge < -0.3 is 4.57 Å². The van der Waals surface area contributed by atoms with Gasteiger partial charge in [-0.15, -0.1) is 0 Å². The topological polar surface area (TPSA) is 43.6 Å². The molecule has 11 aromatic rings. The van der Waals surface area contributed by atoms with Gasteiger partial charge >= 0.3 is 0 Å². The second kappa shape index (κ2) is 13.6. The van der Waals surface area contributed by atoms with Crippen molar-refractivity contribution >= 4 is 43.5 Å². The maximum Gasteiger partial charge on any atom is 0.160 e. The summed E-state index contributed by atoms with van der Waals surface area (Å²) in [5.74, 6) is 0.681. The van der Waals surface area contributed by atoms with Crippen molar-refractivity contribution in [2.24, 2.45) is 0 Å². The Labute approximate surface area is 330 Å². The van der Waals surface area contributed by atoms with Crippen molar-refractivity contribution in [1.29, 1.82) is 0 Å². The zero-order chi connectivity index (χ0) is 37.7. The standard InChI is InChI=1S/C53H34N4/c1-4-14-35(15-5-1)45-33-47(36-16-6-2-7-17-36)54-46-31-27-39-32-40(26-30-42(39)52(45)46)53-55-48(37-18-8-3-9-19-37)34-49(56-53)38-24-28-41(29-25-38)57-50-22-12-10-20-43(50)44-21-11-13-23-51(44)57/h1-34H. The molecule has 3 aromatic heterocycles. The van der Waals surface area contributed by atoms with Crippen LogP contribution in [-0.4, -0.2) is 19.5 Å². The molecule has 0 atom stereocenters.